The van der Waals surface area contributed by atoms with Gasteiger partial charge in [0.15, 0.2) is 0 Å². The third-order valence-corrected chi connectivity index (χ3v) is 3.65. The zero-order chi connectivity index (χ0) is 15.2. The summed E-state index contributed by atoms with van der Waals surface area (Å²) in [6, 6.07) is 10.4. The van der Waals surface area contributed by atoms with E-state index in [2.05, 4.69) is 5.09 Å². The fourth-order valence-electron chi connectivity index (χ4n) is 1.50. The summed E-state index contributed by atoms with van der Waals surface area (Å²) in [5.41, 5.74) is 1.14. The minimum Gasteiger partial charge on any atom is -0.436 e. The molecule has 2 aromatic rings. The molecule has 0 amide bonds. The number of nitro groups is 1. The van der Waals surface area contributed by atoms with Crippen LogP contribution in [0.15, 0.2) is 40.8 Å². The molecule has 2 rings (SSSR count). The maximum absolute atomic E-state index is 10.5. The van der Waals surface area contributed by atoms with Gasteiger partial charge in [0, 0.05) is 0 Å². The first-order valence-electron chi connectivity index (χ1n) is 6.16. The van der Waals surface area contributed by atoms with Crippen molar-refractivity contribution >= 4 is 14.4 Å². The van der Waals surface area contributed by atoms with Gasteiger partial charge in [-0.2, -0.15) is 0 Å². The fourth-order valence-corrected chi connectivity index (χ4v) is 2.33. The average Bonchev–Trinajstić information content (AvgIpc) is 2.94. The second kappa shape index (κ2) is 7.17. The first-order chi connectivity index (χ1) is 10.1. The van der Waals surface area contributed by atoms with Crippen LogP contribution in [-0.4, -0.2) is 12.0 Å². The van der Waals surface area contributed by atoms with Gasteiger partial charge in [-0.15, -0.1) is 0 Å². The van der Waals surface area contributed by atoms with Gasteiger partial charge in [0.05, 0.1) is 6.07 Å². The topological polar surface area (TPSA) is 86.8 Å². The predicted molar refractivity (Wildman–Crippen MR) is 77.9 cm³/mol. The zero-order valence-electron chi connectivity index (χ0n) is 11.6. The van der Waals surface area contributed by atoms with Gasteiger partial charge in [0.2, 0.25) is 0 Å². The van der Waals surface area contributed by atoms with Crippen LogP contribution in [0.1, 0.15) is 11.3 Å². The lowest BCUT2D eigenvalue weighted by molar-refractivity contribution is -0.402. The molecular weight excluding hydrogens is 295 g/mol. The van der Waals surface area contributed by atoms with Crippen molar-refractivity contribution in [2.45, 2.75) is 13.5 Å². The summed E-state index contributed by atoms with van der Waals surface area (Å²) in [5, 5.41) is 13.4. The van der Waals surface area contributed by atoms with Gasteiger partial charge >= 0.3 is 14.4 Å². The van der Waals surface area contributed by atoms with Gasteiger partial charge in [0.25, 0.3) is 0 Å². The van der Waals surface area contributed by atoms with Gasteiger partial charge in [-0.05, 0) is 32.2 Å². The van der Waals surface area contributed by atoms with Crippen LogP contribution in [0.4, 0.5) is 5.88 Å². The molecule has 21 heavy (non-hydrogen) atoms. The molecule has 8 heteroatoms. The number of nitrogens with one attached hydrogen (secondary N) is 1. The molecule has 0 radical (unpaired) electrons. The van der Waals surface area contributed by atoms with Crippen molar-refractivity contribution in [1.29, 1.82) is 0 Å². The Bertz CT molecular complexity index is 599. The van der Waals surface area contributed by atoms with Crippen molar-refractivity contribution in [2.24, 2.45) is 0 Å². The summed E-state index contributed by atoms with van der Waals surface area (Å²) in [7, 11) is 0.359. The molecule has 0 saturated heterocycles. The Hall–Kier alpha value is -1.95. The molecule has 1 aromatic carbocycles. The Morgan fingerprint density at radius 1 is 1.29 bits per heavy atom. The first kappa shape index (κ1) is 15.4. The van der Waals surface area contributed by atoms with Crippen LogP contribution in [-0.2, 0) is 11.1 Å². The third kappa shape index (κ3) is 4.53. The second-order valence-electron chi connectivity index (χ2n) is 4.16. The van der Waals surface area contributed by atoms with Crippen LogP contribution in [0.25, 0.3) is 0 Å². The highest BCUT2D eigenvalue weighted by atomic mass is 31.2. The number of rotatable bonds is 7. The van der Waals surface area contributed by atoms with Crippen LogP contribution < -0.4 is 9.61 Å². The van der Waals surface area contributed by atoms with Gasteiger partial charge in [-0.1, -0.05) is 17.7 Å². The number of benzene rings is 1. The molecule has 1 atom stereocenters. The summed E-state index contributed by atoms with van der Waals surface area (Å²) in [4.78, 5) is 9.93. The van der Waals surface area contributed by atoms with E-state index < -0.39 is 13.4 Å². The Kier molecular flexibility index (Phi) is 5.27. The molecule has 1 N–H and O–H groups in total. The monoisotopic (exact) mass is 310 g/mol. The molecule has 0 spiro atoms. The van der Waals surface area contributed by atoms with E-state index in [0.717, 1.165) is 5.56 Å². The van der Waals surface area contributed by atoms with Crippen LogP contribution in [0.5, 0.6) is 5.75 Å². The summed E-state index contributed by atoms with van der Waals surface area (Å²) >= 11 is 0. The highest BCUT2D eigenvalue weighted by Crippen LogP contribution is 2.36. The van der Waals surface area contributed by atoms with Crippen molar-refractivity contribution in [3.8, 4) is 5.75 Å². The van der Waals surface area contributed by atoms with Crippen molar-refractivity contribution in [1.82, 2.24) is 5.09 Å². The van der Waals surface area contributed by atoms with Crippen LogP contribution in [0.2, 0.25) is 0 Å². The van der Waals surface area contributed by atoms with Crippen molar-refractivity contribution in [2.75, 3.05) is 7.05 Å². The van der Waals surface area contributed by atoms with Crippen LogP contribution >= 0.6 is 8.53 Å². The zero-order valence-corrected chi connectivity index (χ0v) is 12.5. The summed E-state index contributed by atoms with van der Waals surface area (Å²) in [5.74, 6) is 0.755. The third-order valence-electron chi connectivity index (χ3n) is 2.54. The van der Waals surface area contributed by atoms with Gasteiger partial charge in [0.1, 0.15) is 23.0 Å². The molecule has 1 aromatic heterocycles. The molecule has 1 unspecified atom stereocenters. The first-order valence-corrected chi connectivity index (χ1v) is 7.34. The molecule has 0 saturated carbocycles. The average molecular weight is 310 g/mol. The molecule has 0 bridgehead atoms. The molecule has 1 heterocycles. The molecule has 0 fully saturated rings. The fraction of sp³-hybridized carbons (Fsp3) is 0.231. The minimum absolute atomic E-state index is 0.0895. The maximum Gasteiger partial charge on any atom is 0.433 e. The van der Waals surface area contributed by atoms with E-state index in [4.69, 9.17) is 13.5 Å². The molecular formula is C13H15N2O5P. The van der Waals surface area contributed by atoms with E-state index in [0.29, 0.717) is 11.5 Å². The molecule has 7 nitrogen and oxygen atoms in total. The quantitative estimate of drug-likeness (QED) is 0.478. The SMILES string of the molecule is CNP(OCc1ccc([N+](=O)[O-])o1)Oc1ccc(C)cc1. The van der Waals surface area contributed by atoms with E-state index >= 15 is 0 Å². The molecule has 0 aliphatic carbocycles. The molecule has 0 aliphatic rings. The van der Waals surface area contributed by atoms with Crippen molar-refractivity contribution < 1.29 is 18.4 Å². The van der Waals surface area contributed by atoms with Crippen molar-refractivity contribution in [3.05, 3.63) is 57.8 Å². The normalized spacial score (nSPS) is 12.1. The lowest BCUT2D eigenvalue weighted by Crippen LogP contribution is -2.06. The van der Waals surface area contributed by atoms with Crippen LogP contribution in [0, 0.1) is 17.0 Å². The lowest BCUT2D eigenvalue weighted by Gasteiger charge is -2.15. The number of hydrogen-bond donors (Lipinski definition) is 1. The Morgan fingerprint density at radius 3 is 2.57 bits per heavy atom. The van der Waals surface area contributed by atoms with Crippen molar-refractivity contribution in [3.63, 3.8) is 0 Å². The van der Waals surface area contributed by atoms with Gasteiger partial charge in [-0.3, -0.25) is 10.1 Å². The summed E-state index contributed by atoms with van der Waals surface area (Å²) in [6.45, 7) is 2.08. The van der Waals surface area contributed by atoms with E-state index in [1.807, 2.05) is 31.2 Å². The largest absolute Gasteiger partial charge is 0.436 e. The minimum atomic E-state index is -1.35. The molecule has 0 aliphatic heterocycles. The Balaban J connectivity index is 1.89. The maximum atomic E-state index is 10.5. The lowest BCUT2D eigenvalue weighted by atomic mass is 10.2. The van der Waals surface area contributed by atoms with E-state index in [9.17, 15) is 10.1 Å². The smallest absolute Gasteiger partial charge is 0.433 e. The predicted octanol–water partition coefficient (Wildman–Crippen LogP) is 3.54. The number of aryl methyl sites for hydroxylation is 1. The van der Waals surface area contributed by atoms with Gasteiger partial charge < -0.3 is 13.5 Å². The van der Waals surface area contributed by atoms with E-state index in [1.54, 1.807) is 7.05 Å². The summed E-state index contributed by atoms with van der Waals surface area (Å²) < 4.78 is 16.2. The number of nitrogens with zero attached hydrogens (tertiary/aromatic N) is 1. The Labute approximate surface area is 123 Å². The molecule has 112 valence electrons. The van der Waals surface area contributed by atoms with Gasteiger partial charge in [-0.25, -0.2) is 5.09 Å². The highest BCUT2D eigenvalue weighted by molar-refractivity contribution is 7.45. The Morgan fingerprint density at radius 2 is 2.00 bits per heavy atom. The second-order valence-corrected chi connectivity index (χ2v) is 5.56. The van der Waals surface area contributed by atoms with E-state index in [1.165, 1.54) is 12.1 Å². The van der Waals surface area contributed by atoms with E-state index in [-0.39, 0.29) is 12.5 Å². The number of furan rings is 1. The summed E-state index contributed by atoms with van der Waals surface area (Å²) in [6.07, 6.45) is 0. The van der Waals surface area contributed by atoms with Crippen LogP contribution in [0.3, 0.4) is 0 Å². The standard InChI is InChI=1S/C13H15N2O5P/c1-10-3-5-11(6-4-10)20-21(14-2)18-9-12-7-8-13(19-12)15(16)17/h3-8,14H,9H2,1-2H3. The highest BCUT2D eigenvalue weighted by Gasteiger charge is 2.15. The number of hydrogen-bond acceptors (Lipinski definition) is 6.